The van der Waals surface area contributed by atoms with E-state index in [2.05, 4.69) is 17.0 Å². The van der Waals surface area contributed by atoms with E-state index in [0.29, 0.717) is 9.49 Å². The van der Waals surface area contributed by atoms with Gasteiger partial charge in [-0.1, -0.05) is 30.4 Å². The Morgan fingerprint density at radius 2 is 2.10 bits per heavy atom. The van der Waals surface area contributed by atoms with E-state index in [1.54, 1.807) is 7.11 Å². The molecule has 0 radical (unpaired) electrons. The molecular formula is C15H15N3O2S. The fourth-order valence-corrected chi connectivity index (χ4v) is 2.98. The maximum atomic E-state index is 12.3. The lowest BCUT2D eigenvalue weighted by molar-refractivity contribution is 0.415. The van der Waals surface area contributed by atoms with Crippen LogP contribution >= 0.6 is 11.3 Å². The molecule has 6 heteroatoms. The number of thiazole rings is 1. The number of hydrogen-bond acceptors (Lipinski definition) is 5. The summed E-state index contributed by atoms with van der Waals surface area (Å²) in [7, 11) is 1.63. The third-order valence-electron chi connectivity index (χ3n) is 3.11. The first-order valence-corrected chi connectivity index (χ1v) is 7.57. The summed E-state index contributed by atoms with van der Waals surface area (Å²) in [6, 6.07) is 7.56. The molecule has 3 aromatic rings. The van der Waals surface area contributed by atoms with Crippen molar-refractivity contribution in [1.82, 2.24) is 14.6 Å². The van der Waals surface area contributed by atoms with Crippen LogP contribution in [0.5, 0.6) is 5.75 Å². The average molecular weight is 301 g/mol. The van der Waals surface area contributed by atoms with E-state index >= 15 is 0 Å². The molecule has 0 amide bonds. The number of methoxy groups -OCH3 is 1. The predicted octanol–water partition coefficient (Wildman–Crippen LogP) is 1.66. The van der Waals surface area contributed by atoms with E-state index in [1.807, 2.05) is 30.3 Å². The van der Waals surface area contributed by atoms with Crippen LogP contribution in [0.15, 0.2) is 29.1 Å². The van der Waals surface area contributed by atoms with E-state index in [-0.39, 0.29) is 5.56 Å². The zero-order valence-corrected chi connectivity index (χ0v) is 12.7. The molecular weight excluding hydrogens is 286 g/mol. The first kappa shape index (κ1) is 13.8. The Bertz CT molecular complexity index is 865. The Kier molecular flexibility index (Phi) is 3.70. The molecule has 21 heavy (non-hydrogen) atoms. The van der Waals surface area contributed by atoms with Gasteiger partial charge in [-0.25, -0.2) is 4.98 Å². The normalized spacial score (nSPS) is 12.2. The molecule has 0 saturated carbocycles. The summed E-state index contributed by atoms with van der Waals surface area (Å²) in [6.07, 6.45) is 3.62. The Morgan fingerprint density at radius 3 is 2.71 bits per heavy atom. The summed E-state index contributed by atoms with van der Waals surface area (Å²) in [6.45, 7) is 2.07. The van der Waals surface area contributed by atoms with E-state index < -0.39 is 0 Å². The van der Waals surface area contributed by atoms with E-state index in [9.17, 15) is 4.79 Å². The molecule has 0 unspecified atom stereocenters. The molecule has 108 valence electrons. The molecule has 0 N–H and O–H groups in total. The molecule has 0 bridgehead atoms. The van der Waals surface area contributed by atoms with Gasteiger partial charge in [0, 0.05) is 6.42 Å². The quantitative estimate of drug-likeness (QED) is 0.735. The number of nitrogens with zero attached hydrogens (tertiary/aromatic N) is 3. The molecule has 0 aliphatic rings. The average Bonchev–Trinajstić information content (AvgIpc) is 3.00. The predicted molar refractivity (Wildman–Crippen MR) is 82.9 cm³/mol. The molecule has 0 atom stereocenters. The van der Waals surface area contributed by atoms with Crippen molar-refractivity contribution in [3.63, 3.8) is 0 Å². The first-order valence-electron chi connectivity index (χ1n) is 6.75. The highest BCUT2D eigenvalue weighted by molar-refractivity contribution is 7.15. The Hall–Kier alpha value is -2.21. The number of benzene rings is 1. The third kappa shape index (κ3) is 2.67. The molecule has 1 aromatic carbocycles. The molecule has 3 rings (SSSR count). The number of rotatable bonds is 4. The lowest BCUT2D eigenvalue weighted by Crippen LogP contribution is -2.23. The Balaban J connectivity index is 2.03. The SMILES string of the molecule is CCCc1nc2s/c(=C\c3ccc(OC)cc3)c(=O)n2n1. The second-order valence-electron chi connectivity index (χ2n) is 4.66. The van der Waals surface area contributed by atoms with Crippen LogP contribution in [0.4, 0.5) is 0 Å². The van der Waals surface area contributed by atoms with Crippen molar-refractivity contribution in [2.75, 3.05) is 7.11 Å². The zero-order valence-electron chi connectivity index (χ0n) is 11.9. The number of aromatic nitrogens is 3. The van der Waals surface area contributed by atoms with Gasteiger partial charge >= 0.3 is 0 Å². The summed E-state index contributed by atoms with van der Waals surface area (Å²) >= 11 is 1.37. The maximum absolute atomic E-state index is 12.3. The van der Waals surface area contributed by atoms with Gasteiger partial charge in [0.25, 0.3) is 5.56 Å². The fraction of sp³-hybridized carbons (Fsp3) is 0.267. The van der Waals surface area contributed by atoms with E-state index in [1.165, 1.54) is 15.9 Å². The molecule has 0 aliphatic carbocycles. The van der Waals surface area contributed by atoms with Crippen LogP contribution in [0.3, 0.4) is 0 Å². The van der Waals surface area contributed by atoms with Crippen molar-refractivity contribution < 1.29 is 4.74 Å². The third-order valence-corrected chi connectivity index (χ3v) is 4.07. The molecule has 0 saturated heterocycles. The standard InChI is InChI=1S/C15H15N3O2S/c1-3-4-13-16-15-18(17-13)14(19)12(21-15)9-10-5-7-11(20-2)8-6-10/h5-9H,3-4H2,1-2H3/b12-9-. The van der Waals surface area contributed by atoms with Crippen molar-refractivity contribution in [2.24, 2.45) is 0 Å². The summed E-state index contributed by atoms with van der Waals surface area (Å²) in [4.78, 5) is 17.3. The van der Waals surface area contributed by atoms with Crippen LogP contribution in [0.1, 0.15) is 24.7 Å². The van der Waals surface area contributed by atoms with Gasteiger partial charge in [-0.2, -0.15) is 4.52 Å². The van der Waals surface area contributed by atoms with Crippen molar-refractivity contribution in [3.8, 4) is 5.75 Å². The Labute approximate surface area is 125 Å². The van der Waals surface area contributed by atoms with Gasteiger partial charge < -0.3 is 4.74 Å². The fourth-order valence-electron chi connectivity index (χ4n) is 2.06. The first-order chi connectivity index (χ1) is 10.2. The van der Waals surface area contributed by atoms with Crippen LogP contribution in [-0.2, 0) is 6.42 Å². The minimum Gasteiger partial charge on any atom is -0.497 e. The minimum absolute atomic E-state index is 0.110. The monoisotopic (exact) mass is 301 g/mol. The van der Waals surface area contributed by atoms with Gasteiger partial charge in [0.1, 0.15) is 5.75 Å². The lowest BCUT2D eigenvalue weighted by atomic mass is 10.2. The van der Waals surface area contributed by atoms with Gasteiger partial charge in [-0.3, -0.25) is 4.79 Å². The molecule has 2 heterocycles. The summed E-state index contributed by atoms with van der Waals surface area (Å²) < 4.78 is 7.15. The number of ether oxygens (including phenoxy) is 1. The molecule has 0 aliphatic heterocycles. The largest absolute Gasteiger partial charge is 0.497 e. The van der Waals surface area contributed by atoms with Gasteiger partial charge in [-0.15, -0.1) is 5.10 Å². The highest BCUT2D eigenvalue weighted by Crippen LogP contribution is 2.12. The highest BCUT2D eigenvalue weighted by Gasteiger charge is 2.09. The van der Waals surface area contributed by atoms with Crippen LogP contribution in [0.25, 0.3) is 11.0 Å². The van der Waals surface area contributed by atoms with E-state index in [4.69, 9.17) is 4.74 Å². The number of hydrogen-bond donors (Lipinski definition) is 0. The van der Waals surface area contributed by atoms with Crippen molar-refractivity contribution in [2.45, 2.75) is 19.8 Å². The maximum Gasteiger partial charge on any atom is 0.291 e. The molecule has 0 fully saturated rings. The second kappa shape index (κ2) is 5.65. The molecule has 0 spiro atoms. The highest BCUT2D eigenvalue weighted by atomic mass is 32.1. The summed E-state index contributed by atoms with van der Waals surface area (Å²) in [5.74, 6) is 1.53. The van der Waals surface area contributed by atoms with Crippen LogP contribution in [0, 0.1) is 0 Å². The van der Waals surface area contributed by atoms with Gasteiger partial charge in [0.05, 0.1) is 11.6 Å². The van der Waals surface area contributed by atoms with Gasteiger partial charge in [0.15, 0.2) is 5.82 Å². The number of fused-ring (bicyclic) bond motifs is 1. The minimum atomic E-state index is -0.110. The second-order valence-corrected chi connectivity index (χ2v) is 5.67. The van der Waals surface area contributed by atoms with Crippen molar-refractivity contribution in [1.29, 1.82) is 0 Å². The van der Waals surface area contributed by atoms with E-state index in [0.717, 1.165) is 30.0 Å². The van der Waals surface area contributed by atoms with Crippen molar-refractivity contribution >= 4 is 22.4 Å². The van der Waals surface area contributed by atoms with Gasteiger partial charge in [0.2, 0.25) is 4.96 Å². The summed E-state index contributed by atoms with van der Waals surface area (Å²) in [5, 5.41) is 4.26. The summed E-state index contributed by atoms with van der Waals surface area (Å²) in [5.41, 5.74) is 0.840. The molecule has 5 nitrogen and oxygen atoms in total. The van der Waals surface area contributed by atoms with Crippen LogP contribution in [-0.4, -0.2) is 21.7 Å². The Morgan fingerprint density at radius 1 is 1.33 bits per heavy atom. The topological polar surface area (TPSA) is 56.5 Å². The zero-order chi connectivity index (χ0) is 14.8. The van der Waals surface area contributed by atoms with Crippen LogP contribution < -0.4 is 14.8 Å². The van der Waals surface area contributed by atoms with Crippen molar-refractivity contribution in [3.05, 3.63) is 50.5 Å². The lowest BCUT2D eigenvalue weighted by Gasteiger charge is -1.98. The van der Waals surface area contributed by atoms with Gasteiger partial charge in [-0.05, 0) is 30.2 Å². The molecule has 2 aromatic heterocycles. The smallest absolute Gasteiger partial charge is 0.291 e. The van der Waals surface area contributed by atoms with Crippen LogP contribution in [0.2, 0.25) is 0 Å². The number of aryl methyl sites for hydroxylation is 1.